The van der Waals surface area contributed by atoms with E-state index in [-0.39, 0.29) is 18.0 Å². The van der Waals surface area contributed by atoms with Crippen LogP contribution in [0.2, 0.25) is 0 Å². The number of nitrogens with zero attached hydrogens (tertiary/aromatic N) is 6. The number of carbonyl (C=O) groups is 2. The lowest BCUT2D eigenvalue weighted by atomic mass is 9.96. The highest BCUT2D eigenvalue weighted by molar-refractivity contribution is 5.72. The molecule has 3 heterocycles. The predicted molar refractivity (Wildman–Crippen MR) is 178 cm³/mol. The third-order valence-electron chi connectivity index (χ3n) is 7.70. The third-order valence-corrected chi connectivity index (χ3v) is 7.70. The molecule has 1 fully saturated rings. The normalized spacial score (nSPS) is 14.0. The van der Waals surface area contributed by atoms with Crippen molar-refractivity contribution in [1.82, 2.24) is 24.8 Å². The quantitative estimate of drug-likeness (QED) is 0.259. The Bertz CT molecular complexity index is 1450. The van der Waals surface area contributed by atoms with Gasteiger partial charge in [-0.1, -0.05) is 0 Å². The maximum Gasteiger partial charge on any atom is 0.410 e. The predicted octanol–water partition coefficient (Wildman–Crippen LogP) is 5.37. The van der Waals surface area contributed by atoms with Gasteiger partial charge in [0, 0.05) is 62.9 Å². The molecule has 0 unspecified atom stereocenters. The second-order valence-electron chi connectivity index (χ2n) is 12.4. The first-order valence-electron chi connectivity index (χ1n) is 15.7. The summed E-state index contributed by atoms with van der Waals surface area (Å²) in [5.74, 6) is 1.94. The minimum Gasteiger partial charge on any atom is -0.496 e. The summed E-state index contributed by atoms with van der Waals surface area (Å²) in [7, 11) is 5.33. The number of likely N-dealkylation sites (N-methyl/N-ethyl adjacent to an activating group) is 2. The van der Waals surface area contributed by atoms with Crippen molar-refractivity contribution < 1.29 is 23.8 Å². The Labute approximate surface area is 272 Å². The van der Waals surface area contributed by atoms with Crippen molar-refractivity contribution in [2.24, 2.45) is 5.92 Å². The monoisotopic (exact) mass is 633 g/mol. The molecular weight excluding hydrogens is 586 g/mol. The second kappa shape index (κ2) is 15.7. The number of aromatic nitrogens is 3. The fourth-order valence-corrected chi connectivity index (χ4v) is 5.13. The Morgan fingerprint density at radius 2 is 1.80 bits per heavy atom. The number of amides is 1. The first kappa shape index (κ1) is 34.4. The van der Waals surface area contributed by atoms with Gasteiger partial charge in [-0.3, -0.25) is 9.69 Å². The highest BCUT2D eigenvalue weighted by atomic mass is 16.6. The summed E-state index contributed by atoms with van der Waals surface area (Å²) in [6.45, 7) is 11.3. The fourth-order valence-electron chi connectivity index (χ4n) is 5.13. The number of rotatable bonds is 12. The molecule has 0 aliphatic carbocycles. The Morgan fingerprint density at radius 1 is 1.04 bits per heavy atom. The molecule has 1 amide bonds. The van der Waals surface area contributed by atoms with E-state index in [4.69, 9.17) is 19.2 Å². The number of pyridine rings is 1. The molecule has 12 nitrogen and oxygen atoms in total. The molecule has 2 aromatic heterocycles. The molecule has 1 aliphatic heterocycles. The van der Waals surface area contributed by atoms with Gasteiger partial charge >= 0.3 is 12.1 Å². The molecule has 0 spiro atoms. The number of nitrogens with one attached hydrogen (secondary N) is 1. The number of esters is 1. The average Bonchev–Trinajstić information content (AvgIpc) is 3.03. The van der Waals surface area contributed by atoms with E-state index in [0.717, 1.165) is 60.0 Å². The number of piperidine rings is 1. The van der Waals surface area contributed by atoms with Crippen molar-refractivity contribution in [1.29, 1.82) is 0 Å². The topological polar surface area (TPSA) is 122 Å². The first-order chi connectivity index (χ1) is 22.0. The van der Waals surface area contributed by atoms with E-state index in [1.807, 2.05) is 70.0 Å². The molecular formula is C34H47N7O5. The van der Waals surface area contributed by atoms with Crippen molar-refractivity contribution >= 4 is 29.5 Å². The molecule has 46 heavy (non-hydrogen) atoms. The zero-order valence-electron chi connectivity index (χ0n) is 28.1. The van der Waals surface area contributed by atoms with E-state index < -0.39 is 5.60 Å². The molecule has 1 aromatic carbocycles. The Hall–Kier alpha value is -4.45. The molecule has 0 radical (unpaired) electrons. The summed E-state index contributed by atoms with van der Waals surface area (Å²) in [5, 5.41) is 3.33. The molecule has 248 valence electrons. The number of anilines is 3. The second-order valence-corrected chi connectivity index (χ2v) is 12.4. The number of methoxy groups -OCH3 is 1. The van der Waals surface area contributed by atoms with Crippen LogP contribution in [0.1, 0.15) is 46.1 Å². The van der Waals surface area contributed by atoms with Crippen LogP contribution in [0.15, 0.2) is 48.8 Å². The number of hydrogen-bond acceptors (Lipinski definition) is 11. The number of hydrogen-bond donors (Lipinski definition) is 1. The molecule has 12 heteroatoms. The van der Waals surface area contributed by atoms with Gasteiger partial charge in [0.1, 0.15) is 17.2 Å². The van der Waals surface area contributed by atoms with Crippen molar-refractivity contribution in [3.05, 3.63) is 54.4 Å². The zero-order chi connectivity index (χ0) is 33.3. The van der Waals surface area contributed by atoms with Crippen molar-refractivity contribution in [2.75, 3.05) is 64.2 Å². The van der Waals surface area contributed by atoms with Gasteiger partial charge in [-0.25, -0.2) is 19.7 Å². The van der Waals surface area contributed by atoms with Crippen LogP contribution < -0.4 is 15.0 Å². The summed E-state index contributed by atoms with van der Waals surface area (Å²) < 4.78 is 16.3. The van der Waals surface area contributed by atoms with Gasteiger partial charge in [-0.05, 0) is 90.0 Å². The highest BCUT2D eigenvalue weighted by Gasteiger charge is 2.26. The number of benzene rings is 1. The summed E-state index contributed by atoms with van der Waals surface area (Å²) >= 11 is 0. The molecule has 0 saturated carbocycles. The van der Waals surface area contributed by atoms with Crippen LogP contribution in [0.25, 0.3) is 11.3 Å². The number of ether oxygens (including phenoxy) is 3. The van der Waals surface area contributed by atoms with Crippen molar-refractivity contribution in [2.45, 2.75) is 52.7 Å². The van der Waals surface area contributed by atoms with E-state index in [1.54, 1.807) is 31.5 Å². The molecule has 1 aliphatic rings. The molecule has 3 aromatic rings. The zero-order valence-corrected chi connectivity index (χ0v) is 28.1. The van der Waals surface area contributed by atoms with Gasteiger partial charge in [0.05, 0.1) is 25.3 Å². The average molecular weight is 634 g/mol. The van der Waals surface area contributed by atoms with Crippen LogP contribution >= 0.6 is 0 Å². The van der Waals surface area contributed by atoms with Gasteiger partial charge in [0.25, 0.3) is 0 Å². The summed E-state index contributed by atoms with van der Waals surface area (Å²) in [5.41, 5.74) is 2.95. The van der Waals surface area contributed by atoms with Crippen LogP contribution in [-0.2, 0) is 20.8 Å². The molecule has 1 N–H and O–H groups in total. The van der Waals surface area contributed by atoms with Crippen LogP contribution in [0.3, 0.4) is 0 Å². The maximum absolute atomic E-state index is 12.3. The minimum absolute atomic E-state index is 0.0272. The standard InChI is InChI=1S/C34H47N7O5/c1-8-45-31(42)24-14-17-41(18-15-24)23-26-21-27(10-11-29(26)44-7)37-32-35-16-13-28(38-32)25-9-12-30(36-22-25)39(5)19-20-40(6)33(43)46-34(2,3)4/h9-13,16,21-22,24H,8,14-15,17-20,23H2,1-7H3,(H,35,37,38). The highest BCUT2D eigenvalue weighted by Crippen LogP contribution is 2.28. The lowest BCUT2D eigenvalue weighted by molar-refractivity contribution is -0.149. The molecule has 1 saturated heterocycles. The van der Waals surface area contributed by atoms with E-state index >= 15 is 0 Å². The van der Waals surface area contributed by atoms with Crippen LogP contribution in [0, 0.1) is 5.92 Å². The fraction of sp³-hybridized carbons (Fsp3) is 0.500. The van der Waals surface area contributed by atoms with Gasteiger partial charge in [-0.2, -0.15) is 0 Å². The van der Waals surface area contributed by atoms with E-state index in [1.165, 1.54) is 0 Å². The molecule has 4 rings (SSSR count). The third kappa shape index (κ3) is 9.77. The molecule has 0 atom stereocenters. The minimum atomic E-state index is -0.533. The maximum atomic E-state index is 12.3. The Kier molecular flexibility index (Phi) is 11.8. The van der Waals surface area contributed by atoms with Crippen LogP contribution in [0.4, 0.5) is 22.2 Å². The van der Waals surface area contributed by atoms with Crippen molar-refractivity contribution in [3.63, 3.8) is 0 Å². The van der Waals surface area contributed by atoms with Crippen molar-refractivity contribution in [3.8, 4) is 17.0 Å². The summed E-state index contributed by atoms with van der Waals surface area (Å²) in [4.78, 5) is 44.1. The lowest BCUT2D eigenvalue weighted by Gasteiger charge is -2.31. The van der Waals surface area contributed by atoms with Crippen LogP contribution in [-0.4, -0.2) is 96.4 Å². The SMILES string of the molecule is CCOC(=O)C1CCN(Cc2cc(Nc3nccc(-c4ccc(N(C)CCN(C)C(=O)OC(C)(C)C)nc4)n3)ccc2OC)CC1. The van der Waals surface area contributed by atoms with Gasteiger partial charge in [0.15, 0.2) is 0 Å². The van der Waals surface area contributed by atoms with E-state index in [0.29, 0.717) is 32.2 Å². The first-order valence-corrected chi connectivity index (χ1v) is 15.7. The van der Waals surface area contributed by atoms with Gasteiger partial charge in [0.2, 0.25) is 5.95 Å². The number of carbonyl (C=O) groups excluding carboxylic acids is 2. The Balaban J connectivity index is 1.36. The summed E-state index contributed by atoms with van der Waals surface area (Å²) in [6.07, 6.45) is 4.73. The Morgan fingerprint density at radius 3 is 2.46 bits per heavy atom. The largest absolute Gasteiger partial charge is 0.496 e. The molecule has 0 bridgehead atoms. The van der Waals surface area contributed by atoms with E-state index in [2.05, 4.69) is 26.3 Å². The number of likely N-dealkylation sites (tertiary alicyclic amines) is 1. The van der Waals surface area contributed by atoms with Gasteiger partial charge in [-0.15, -0.1) is 0 Å². The van der Waals surface area contributed by atoms with Gasteiger partial charge < -0.3 is 29.3 Å². The lowest BCUT2D eigenvalue weighted by Crippen LogP contribution is -2.38. The van der Waals surface area contributed by atoms with Crippen LogP contribution in [0.5, 0.6) is 5.75 Å². The van der Waals surface area contributed by atoms with E-state index in [9.17, 15) is 9.59 Å². The smallest absolute Gasteiger partial charge is 0.410 e. The summed E-state index contributed by atoms with van der Waals surface area (Å²) in [6, 6.07) is 11.7.